The van der Waals surface area contributed by atoms with Crippen molar-refractivity contribution in [3.8, 4) is 0 Å². The summed E-state index contributed by atoms with van der Waals surface area (Å²) in [5.74, 6) is 0. The summed E-state index contributed by atoms with van der Waals surface area (Å²) in [6.45, 7) is 9.12. The van der Waals surface area contributed by atoms with E-state index in [1.165, 1.54) is 61.8 Å². The van der Waals surface area contributed by atoms with E-state index in [2.05, 4.69) is 33.8 Å². The minimum Gasteiger partial charge on any atom is -0.128 e. The van der Waals surface area contributed by atoms with Crippen molar-refractivity contribution in [1.29, 1.82) is 0 Å². The largest absolute Gasteiger partial charge is 0.128 e. The Bertz CT molecular complexity index is 350. The fraction of sp³-hybridized carbons (Fsp3) is 0.765. The smallest absolute Gasteiger partial charge is 0.0960 e. The van der Waals surface area contributed by atoms with Crippen molar-refractivity contribution in [3.63, 3.8) is 0 Å². The molecule has 110 valence electrons. The van der Waals surface area contributed by atoms with Gasteiger partial charge in [0.25, 0.3) is 0 Å². The zero-order chi connectivity index (χ0) is 14.3. The van der Waals surface area contributed by atoms with E-state index >= 15 is 0 Å². The SMILES string of the molecule is CCCCCCC(C)(CCCC)c1cc(C)c(Cl)s1. The molecule has 0 spiro atoms. The number of aryl methyl sites for hydroxylation is 1. The standard InChI is InChI=1S/C17H29ClS/c1-5-7-9-10-12-17(4,11-8-6-2)15-13-14(3)16(18)19-15/h13H,5-12H2,1-4H3. The van der Waals surface area contributed by atoms with E-state index in [0.717, 1.165) is 4.34 Å². The Kier molecular flexibility index (Phi) is 7.46. The van der Waals surface area contributed by atoms with Crippen LogP contribution in [0.15, 0.2) is 6.07 Å². The first-order chi connectivity index (χ1) is 9.03. The number of unbranched alkanes of at least 4 members (excludes halogenated alkanes) is 4. The molecule has 1 unspecified atom stereocenters. The van der Waals surface area contributed by atoms with Crippen LogP contribution in [0.5, 0.6) is 0 Å². The summed E-state index contributed by atoms with van der Waals surface area (Å²) in [7, 11) is 0. The lowest BCUT2D eigenvalue weighted by molar-refractivity contribution is 0.375. The molecule has 0 aliphatic rings. The summed E-state index contributed by atoms with van der Waals surface area (Å²) in [6, 6.07) is 2.32. The van der Waals surface area contributed by atoms with Gasteiger partial charge in [0.1, 0.15) is 0 Å². The van der Waals surface area contributed by atoms with Crippen LogP contribution in [-0.2, 0) is 5.41 Å². The zero-order valence-corrected chi connectivity index (χ0v) is 14.6. The maximum absolute atomic E-state index is 6.27. The second-order valence-corrected chi connectivity index (χ2v) is 7.70. The number of hydrogen-bond acceptors (Lipinski definition) is 1. The lowest BCUT2D eigenvalue weighted by Crippen LogP contribution is -2.20. The maximum atomic E-state index is 6.27. The molecule has 0 amide bonds. The van der Waals surface area contributed by atoms with Crippen molar-refractivity contribution in [2.24, 2.45) is 0 Å². The van der Waals surface area contributed by atoms with Crippen LogP contribution < -0.4 is 0 Å². The Hall–Kier alpha value is -0.0100. The highest BCUT2D eigenvalue weighted by Crippen LogP contribution is 2.41. The molecule has 1 aromatic heterocycles. The predicted molar refractivity (Wildman–Crippen MR) is 89.7 cm³/mol. The van der Waals surface area contributed by atoms with E-state index in [0.29, 0.717) is 5.41 Å². The molecule has 1 aromatic rings. The summed E-state index contributed by atoms with van der Waals surface area (Å²) in [5, 5.41) is 0. The summed E-state index contributed by atoms with van der Waals surface area (Å²) in [5.41, 5.74) is 1.59. The van der Waals surface area contributed by atoms with Gasteiger partial charge in [0, 0.05) is 10.3 Å². The summed E-state index contributed by atoms with van der Waals surface area (Å²) in [4.78, 5) is 1.50. The minimum atomic E-state index is 0.340. The third-order valence-electron chi connectivity index (χ3n) is 4.12. The predicted octanol–water partition coefficient (Wildman–Crippen LogP) is 7.13. The normalized spacial score (nSPS) is 14.6. The van der Waals surface area contributed by atoms with Gasteiger partial charge >= 0.3 is 0 Å². The highest BCUT2D eigenvalue weighted by molar-refractivity contribution is 7.16. The van der Waals surface area contributed by atoms with E-state index in [-0.39, 0.29) is 0 Å². The Morgan fingerprint density at radius 1 is 1.05 bits per heavy atom. The van der Waals surface area contributed by atoms with E-state index in [1.807, 2.05) is 0 Å². The van der Waals surface area contributed by atoms with Gasteiger partial charge < -0.3 is 0 Å². The molecule has 0 aromatic carbocycles. The quantitative estimate of drug-likeness (QED) is 0.425. The summed E-state index contributed by atoms with van der Waals surface area (Å²) < 4.78 is 0.978. The van der Waals surface area contributed by atoms with Gasteiger partial charge in [-0.2, -0.15) is 0 Å². The van der Waals surface area contributed by atoms with Crippen molar-refractivity contribution >= 4 is 22.9 Å². The van der Waals surface area contributed by atoms with E-state index in [1.54, 1.807) is 11.3 Å². The van der Waals surface area contributed by atoms with E-state index < -0.39 is 0 Å². The second kappa shape index (κ2) is 8.32. The Morgan fingerprint density at radius 2 is 1.68 bits per heavy atom. The molecule has 0 nitrogen and oxygen atoms in total. The molecular formula is C17H29ClS. The Morgan fingerprint density at radius 3 is 2.21 bits per heavy atom. The molecule has 1 rings (SSSR count). The molecule has 0 radical (unpaired) electrons. The third-order valence-corrected chi connectivity index (χ3v) is 5.98. The highest BCUT2D eigenvalue weighted by atomic mass is 35.5. The third kappa shape index (κ3) is 5.11. The van der Waals surface area contributed by atoms with Crippen LogP contribution in [0, 0.1) is 6.92 Å². The molecule has 1 heterocycles. The molecule has 0 aliphatic carbocycles. The fourth-order valence-electron chi connectivity index (χ4n) is 2.64. The monoisotopic (exact) mass is 300 g/mol. The van der Waals surface area contributed by atoms with Crippen LogP contribution in [0.2, 0.25) is 4.34 Å². The molecular weight excluding hydrogens is 272 g/mol. The van der Waals surface area contributed by atoms with Gasteiger partial charge in [-0.3, -0.25) is 0 Å². The molecule has 0 aliphatic heterocycles. The van der Waals surface area contributed by atoms with E-state index in [4.69, 9.17) is 11.6 Å². The molecule has 19 heavy (non-hydrogen) atoms. The van der Waals surface area contributed by atoms with Crippen LogP contribution in [0.1, 0.15) is 82.6 Å². The average molecular weight is 301 g/mol. The van der Waals surface area contributed by atoms with Crippen LogP contribution in [-0.4, -0.2) is 0 Å². The van der Waals surface area contributed by atoms with Crippen molar-refractivity contribution < 1.29 is 0 Å². The fourth-order valence-corrected chi connectivity index (χ4v) is 4.04. The van der Waals surface area contributed by atoms with E-state index in [9.17, 15) is 0 Å². The van der Waals surface area contributed by atoms with Crippen LogP contribution in [0.4, 0.5) is 0 Å². The van der Waals surface area contributed by atoms with Gasteiger partial charge in [0.15, 0.2) is 0 Å². The van der Waals surface area contributed by atoms with Gasteiger partial charge in [0.05, 0.1) is 4.34 Å². The number of thiophene rings is 1. The lowest BCUT2D eigenvalue weighted by atomic mass is 9.78. The van der Waals surface area contributed by atoms with Crippen LogP contribution >= 0.6 is 22.9 Å². The van der Waals surface area contributed by atoms with Gasteiger partial charge in [-0.25, -0.2) is 0 Å². The molecule has 0 fully saturated rings. The molecule has 2 heteroatoms. The van der Waals surface area contributed by atoms with Gasteiger partial charge in [-0.15, -0.1) is 11.3 Å². The minimum absolute atomic E-state index is 0.340. The van der Waals surface area contributed by atoms with Gasteiger partial charge in [-0.1, -0.05) is 70.9 Å². The second-order valence-electron chi connectivity index (χ2n) is 6.04. The van der Waals surface area contributed by atoms with Crippen molar-refractivity contribution in [1.82, 2.24) is 0 Å². The van der Waals surface area contributed by atoms with Crippen LogP contribution in [0.25, 0.3) is 0 Å². The Labute approximate surface area is 128 Å². The summed E-state index contributed by atoms with van der Waals surface area (Å²) >= 11 is 8.07. The highest BCUT2D eigenvalue weighted by Gasteiger charge is 2.27. The van der Waals surface area contributed by atoms with Crippen molar-refractivity contribution in [2.45, 2.75) is 84.5 Å². The average Bonchev–Trinajstić information content (AvgIpc) is 2.73. The van der Waals surface area contributed by atoms with Crippen molar-refractivity contribution in [2.75, 3.05) is 0 Å². The van der Waals surface area contributed by atoms with Crippen molar-refractivity contribution in [3.05, 3.63) is 20.8 Å². The number of halogens is 1. The Balaban J connectivity index is 2.73. The molecule has 0 saturated heterocycles. The molecule has 1 atom stereocenters. The summed E-state index contributed by atoms with van der Waals surface area (Å²) in [6.07, 6.45) is 10.6. The number of rotatable bonds is 9. The van der Waals surface area contributed by atoms with Gasteiger partial charge in [-0.05, 0) is 31.4 Å². The molecule has 0 N–H and O–H groups in total. The molecule has 0 bridgehead atoms. The first-order valence-electron chi connectivity index (χ1n) is 7.80. The molecule has 0 saturated carbocycles. The maximum Gasteiger partial charge on any atom is 0.0960 e. The first-order valence-corrected chi connectivity index (χ1v) is 8.99. The zero-order valence-electron chi connectivity index (χ0n) is 13.0. The topological polar surface area (TPSA) is 0 Å². The van der Waals surface area contributed by atoms with Gasteiger partial charge in [0.2, 0.25) is 0 Å². The van der Waals surface area contributed by atoms with Crippen LogP contribution in [0.3, 0.4) is 0 Å². The first kappa shape index (κ1) is 17.0. The lowest BCUT2D eigenvalue weighted by Gasteiger charge is -2.29. The number of hydrogen-bond donors (Lipinski definition) is 0.